The maximum Gasteiger partial charge on any atom is 1.00 e. The molecule has 27 heavy (non-hydrogen) atoms. The van der Waals surface area contributed by atoms with E-state index < -0.39 is 10.1 Å². The molecule has 0 bridgehead atoms. The Kier molecular flexibility index (Phi) is 10.4. The van der Waals surface area contributed by atoms with Gasteiger partial charge in [-0.2, -0.15) is 8.42 Å². The van der Waals surface area contributed by atoms with E-state index in [2.05, 4.69) is 6.92 Å². The zero-order valence-corrected chi connectivity index (χ0v) is 18.8. The van der Waals surface area contributed by atoms with Gasteiger partial charge in [0.2, 0.25) is 0 Å². The molecule has 0 spiro atoms. The van der Waals surface area contributed by atoms with E-state index in [9.17, 15) is 18.1 Å². The quantitative estimate of drug-likeness (QED) is 0.373. The third-order valence-electron chi connectivity index (χ3n) is 4.17. The average Bonchev–Trinajstić information content (AvgIpc) is 2.60. The predicted octanol–water partition coefficient (Wildman–Crippen LogP) is 1.71. The maximum absolute atomic E-state index is 11.8. The second-order valence-corrected chi connectivity index (χ2v) is 7.71. The van der Waals surface area contributed by atoms with Crippen LogP contribution in [0.15, 0.2) is 47.4 Å². The second kappa shape index (κ2) is 11.7. The van der Waals surface area contributed by atoms with Gasteiger partial charge in [0.25, 0.3) is 10.1 Å². The Hall–Kier alpha value is -1.05. The number of hydrogen-bond donors (Lipinski definition) is 1. The van der Waals surface area contributed by atoms with E-state index in [1.54, 1.807) is 18.2 Å². The molecule has 0 amide bonds. The Morgan fingerprint density at radius 3 is 2.30 bits per heavy atom. The molecule has 0 aliphatic carbocycles. The number of aryl methyl sites for hydroxylation is 1. The van der Waals surface area contributed by atoms with E-state index in [0.29, 0.717) is 0 Å². The molecule has 0 fully saturated rings. The number of rotatable bonds is 10. The molecule has 0 aromatic heterocycles. The molecule has 2 aromatic carbocycles. The van der Waals surface area contributed by atoms with Gasteiger partial charge in [-0.1, -0.05) is 69.0 Å². The van der Waals surface area contributed by atoms with Gasteiger partial charge in [-0.25, -0.2) is 0 Å². The fourth-order valence-electron chi connectivity index (χ4n) is 2.76. The Bertz CT molecular complexity index is 821. The van der Waals surface area contributed by atoms with Crippen molar-refractivity contribution in [1.29, 1.82) is 0 Å². The molecular formula is C20H25NaO5S. The van der Waals surface area contributed by atoms with E-state index >= 15 is 0 Å². The van der Waals surface area contributed by atoms with Crippen molar-refractivity contribution in [2.45, 2.75) is 56.8 Å². The molecule has 142 valence electrons. The first-order valence-electron chi connectivity index (χ1n) is 8.96. The van der Waals surface area contributed by atoms with Crippen LogP contribution in [0, 0.1) is 0 Å². The zero-order valence-electron chi connectivity index (χ0n) is 16.0. The standard InChI is InChI=1S/C20H26O5S.Na/c1-2-3-4-5-6-7-10-16-13-14-19(20(15-16)26(22,23)24)25-18-12-9-8-11-17(18)21;/h8-9,11-15,21H,2-7,10H2,1H3,(H,22,23,24);/q;+1/p-1. The predicted molar refractivity (Wildman–Crippen MR) is 99.3 cm³/mol. The van der Waals surface area contributed by atoms with Gasteiger partial charge in [-0.3, -0.25) is 4.55 Å². The van der Waals surface area contributed by atoms with Gasteiger partial charge in [-0.15, -0.1) is 0 Å². The minimum Gasteiger partial charge on any atom is -0.870 e. The summed E-state index contributed by atoms with van der Waals surface area (Å²) in [5, 5.41) is 11.8. The molecule has 0 heterocycles. The van der Waals surface area contributed by atoms with Crippen LogP contribution < -0.4 is 39.4 Å². The van der Waals surface area contributed by atoms with E-state index in [4.69, 9.17) is 4.74 Å². The average molecular weight is 400 g/mol. The van der Waals surface area contributed by atoms with Crippen molar-refractivity contribution in [2.24, 2.45) is 0 Å². The summed E-state index contributed by atoms with van der Waals surface area (Å²) in [5.41, 5.74) is 0.816. The van der Waals surface area contributed by atoms with Crippen LogP contribution in [0.2, 0.25) is 0 Å². The molecular weight excluding hydrogens is 375 g/mol. The fraction of sp³-hybridized carbons (Fsp3) is 0.400. The minimum absolute atomic E-state index is 0. The van der Waals surface area contributed by atoms with Gasteiger partial charge < -0.3 is 9.84 Å². The fourth-order valence-corrected chi connectivity index (χ4v) is 3.42. The van der Waals surface area contributed by atoms with Gasteiger partial charge in [0.05, 0.1) is 0 Å². The van der Waals surface area contributed by atoms with Crippen LogP contribution in [0.1, 0.15) is 51.0 Å². The summed E-state index contributed by atoms with van der Waals surface area (Å²) in [7, 11) is -4.46. The number of hydrogen-bond acceptors (Lipinski definition) is 4. The molecule has 2 aromatic rings. The molecule has 0 saturated heterocycles. The molecule has 1 N–H and O–H groups in total. The summed E-state index contributed by atoms with van der Waals surface area (Å²) in [6.07, 6.45) is 7.59. The van der Waals surface area contributed by atoms with Crippen LogP contribution in [0.25, 0.3) is 0 Å². The Morgan fingerprint density at radius 1 is 0.963 bits per heavy atom. The Labute approximate surface area is 183 Å². The Morgan fingerprint density at radius 2 is 1.63 bits per heavy atom. The van der Waals surface area contributed by atoms with Crippen LogP contribution in [-0.2, 0) is 16.5 Å². The van der Waals surface area contributed by atoms with E-state index in [0.717, 1.165) is 24.8 Å². The second-order valence-electron chi connectivity index (χ2n) is 6.32. The van der Waals surface area contributed by atoms with Gasteiger partial charge in [0.15, 0.2) is 0 Å². The number of para-hydroxylation sites is 2. The Balaban J connectivity index is 0.00000364. The van der Waals surface area contributed by atoms with Crippen molar-refractivity contribution in [1.82, 2.24) is 0 Å². The molecule has 0 saturated carbocycles. The van der Waals surface area contributed by atoms with Crippen LogP contribution in [0.4, 0.5) is 0 Å². The van der Waals surface area contributed by atoms with Crippen molar-refractivity contribution in [3.63, 3.8) is 0 Å². The van der Waals surface area contributed by atoms with Gasteiger partial charge >= 0.3 is 29.6 Å². The molecule has 7 heteroatoms. The topological polar surface area (TPSA) is 86.7 Å². The monoisotopic (exact) mass is 400 g/mol. The number of unbranched alkanes of at least 4 members (excludes halogenated alkanes) is 5. The first-order chi connectivity index (χ1) is 12.4. The zero-order chi connectivity index (χ0) is 19.0. The first kappa shape index (κ1) is 24.0. The van der Waals surface area contributed by atoms with Crippen LogP contribution in [0.5, 0.6) is 17.2 Å². The molecule has 0 aliphatic rings. The normalized spacial score (nSPS) is 11.0. The molecule has 0 radical (unpaired) electrons. The van der Waals surface area contributed by atoms with Gasteiger partial charge in [-0.05, 0) is 36.6 Å². The summed E-state index contributed by atoms with van der Waals surface area (Å²) < 4.78 is 38.4. The van der Waals surface area contributed by atoms with Gasteiger partial charge in [0.1, 0.15) is 16.4 Å². The van der Waals surface area contributed by atoms with E-state index in [1.165, 1.54) is 49.9 Å². The third kappa shape index (κ3) is 7.84. The van der Waals surface area contributed by atoms with Crippen molar-refractivity contribution >= 4 is 10.1 Å². The van der Waals surface area contributed by atoms with Crippen LogP contribution in [-0.4, -0.2) is 13.0 Å². The van der Waals surface area contributed by atoms with Crippen LogP contribution >= 0.6 is 0 Å². The van der Waals surface area contributed by atoms with Crippen molar-refractivity contribution < 1.29 is 52.4 Å². The summed E-state index contributed by atoms with van der Waals surface area (Å²) in [6.45, 7) is 2.17. The van der Waals surface area contributed by atoms with Crippen molar-refractivity contribution in [3.8, 4) is 17.2 Å². The number of ether oxygens (including phenoxy) is 1. The van der Waals surface area contributed by atoms with Gasteiger partial charge in [0, 0.05) is 0 Å². The molecule has 0 unspecified atom stereocenters. The molecule has 0 atom stereocenters. The molecule has 5 nitrogen and oxygen atoms in total. The molecule has 2 rings (SSSR count). The van der Waals surface area contributed by atoms with E-state index in [1.807, 2.05) is 0 Å². The maximum atomic E-state index is 11.8. The minimum atomic E-state index is -4.46. The summed E-state index contributed by atoms with van der Waals surface area (Å²) >= 11 is 0. The first-order valence-corrected chi connectivity index (χ1v) is 10.4. The smallest absolute Gasteiger partial charge is 0.870 e. The summed E-state index contributed by atoms with van der Waals surface area (Å²) in [4.78, 5) is -0.316. The van der Waals surface area contributed by atoms with Crippen molar-refractivity contribution in [2.75, 3.05) is 0 Å². The molecule has 0 aliphatic heterocycles. The SMILES string of the molecule is CCCCCCCCc1ccc(Oc2ccccc2[O-])c(S(=O)(=O)O)c1.[Na+]. The van der Waals surface area contributed by atoms with Crippen molar-refractivity contribution in [3.05, 3.63) is 48.0 Å². The third-order valence-corrected chi connectivity index (χ3v) is 5.05. The number of benzene rings is 2. The summed E-state index contributed by atoms with van der Waals surface area (Å²) in [5.74, 6) is -0.395. The largest absolute Gasteiger partial charge is 1.00 e. The summed E-state index contributed by atoms with van der Waals surface area (Å²) in [6, 6.07) is 10.7. The van der Waals surface area contributed by atoms with E-state index in [-0.39, 0.29) is 51.7 Å². The van der Waals surface area contributed by atoms with Crippen LogP contribution in [0.3, 0.4) is 0 Å².